The van der Waals surface area contributed by atoms with Gasteiger partial charge in [0.25, 0.3) is 0 Å². The van der Waals surface area contributed by atoms with Gasteiger partial charge in [-0.1, -0.05) is 0 Å². The molecule has 0 aliphatic carbocycles. The first kappa shape index (κ1) is 4.15. The Balaban J connectivity index is 2.30. The molecule has 0 N–H and O–H groups in total. The van der Waals surface area contributed by atoms with E-state index in [9.17, 15) is 0 Å². The van der Waals surface area contributed by atoms with Crippen molar-refractivity contribution in [2.75, 3.05) is 0 Å². The fourth-order valence-corrected chi connectivity index (χ4v) is 0. The van der Waals surface area contributed by atoms with Gasteiger partial charge in [-0.3, -0.25) is 0 Å². The summed E-state index contributed by atoms with van der Waals surface area (Å²) < 4.78 is 3.73. The van der Waals surface area contributed by atoms with Gasteiger partial charge in [-0.15, -0.1) is 0 Å². The quantitative estimate of drug-likeness (QED) is 0.395. The molecule has 18 valence electrons. The first-order chi connectivity index (χ1) is 1.91. The molecule has 0 aromatic rings. The summed E-state index contributed by atoms with van der Waals surface area (Å²) in [6, 6.07) is 0. The Bertz CT molecular complexity index is 20.0. The van der Waals surface area contributed by atoms with Crippen LogP contribution in [0.4, 0.5) is 0 Å². The van der Waals surface area contributed by atoms with Gasteiger partial charge in [0.15, 0.2) is 0 Å². The SMILES string of the molecule is [B]OB=S. The molecule has 0 amide bonds. The van der Waals surface area contributed by atoms with Gasteiger partial charge in [0.1, 0.15) is 0 Å². The average molecular weight is 69.7 g/mol. The summed E-state index contributed by atoms with van der Waals surface area (Å²) in [5, 5.41) is 0. The van der Waals surface area contributed by atoms with Crippen molar-refractivity contribution in [2.24, 2.45) is 0 Å². The third kappa shape index (κ3) is 2.15. The van der Waals surface area contributed by atoms with Gasteiger partial charge in [0.05, 0.1) is 0 Å². The molecule has 1 nitrogen and oxygen atoms in total. The molecule has 0 unspecified atom stereocenters. The van der Waals surface area contributed by atoms with Gasteiger partial charge in [-0.05, 0) is 0 Å². The zero-order valence-corrected chi connectivity index (χ0v) is 2.79. The molecule has 0 saturated heterocycles. The molecule has 0 atom stereocenters. The number of rotatable bonds is 1. The Morgan fingerprint density at radius 2 is 2.25 bits per heavy atom. The standard InChI is InChI=1S/B2OS/c1-3-2-4. The molecule has 4 heteroatoms. The van der Waals surface area contributed by atoms with Crippen LogP contribution in [0.15, 0.2) is 0 Å². The van der Waals surface area contributed by atoms with Crippen molar-refractivity contribution in [1.82, 2.24) is 0 Å². The molecule has 0 heterocycles. The van der Waals surface area contributed by atoms with Crippen molar-refractivity contribution in [3.8, 4) is 0 Å². The summed E-state index contributed by atoms with van der Waals surface area (Å²) in [7, 11) is 4.37. The Hall–Kier alpha value is 0.150. The van der Waals surface area contributed by atoms with Crippen LogP contribution in [0.5, 0.6) is 0 Å². The Kier molecular flexibility index (Phi) is 3.27. The molecule has 0 saturated carbocycles. The monoisotopic (exact) mass is 70.0 g/mol. The van der Waals surface area contributed by atoms with E-state index < -0.39 is 0 Å². The van der Waals surface area contributed by atoms with Gasteiger partial charge < -0.3 is 0 Å². The van der Waals surface area contributed by atoms with Crippen LogP contribution in [0.25, 0.3) is 0 Å². The van der Waals surface area contributed by atoms with Crippen LogP contribution in [0.2, 0.25) is 0 Å². The van der Waals surface area contributed by atoms with Crippen LogP contribution < -0.4 is 0 Å². The first-order valence-corrected chi connectivity index (χ1v) is 1.18. The minimum absolute atomic E-state index is 0.986. The molecule has 0 aromatic heterocycles. The van der Waals surface area contributed by atoms with Crippen LogP contribution in [0.1, 0.15) is 0 Å². The third-order valence-electron chi connectivity index (χ3n) is 0.0556. The van der Waals surface area contributed by atoms with E-state index in [4.69, 9.17) is 0 Å². The molecule has 0 rings (SSSR count). The van der Waals surface area contributed by atoms with Crippen molar-refractivity contribution >= 4 is 26.5 Å². The summed E-state index contributed by atoms with van der Waals surface area (Å²) in [5.41, 5.74) is 0. The van der Waals surface area contributed by atoms with Crippen LogP contribution >= 0.6 is 12.1 Å². The van der Waals surface area contributed by atoms with E-state index >= 15 is 0 Å². The molecule has 2 radical (unpaired) electrons. The minimum atomic E-state index is 0.986. The summed E-state index contributed by atoms with van der Waals surface area (Å²) in [6.07, 6.45) is 0.986. The summed E-state index contributed by atoms with van der Waals surface area (Å²) in [5.74, 6) is 0. The molecular formula is B2OS. The fourth-order valence-electron chi connectivity index (χ4n) is 0. The van der Waals surface area contributed by atoms with E-state index in [1.165, 1.54) is 0 Å². The first-order valence-electron chi connectivity index (χ1n) is 0.707. The summed E-state index contributed by atoms with van der Waals surface area (Å²) in [4.78, 5) is 0. The molecule has 4 heavy (non-hydrogen) atoms. The Labute approximate surface area is 31.9 Å². The Morgan fingerprint density at radius 3 is 2.25 bits per heavy atom. The van der Waals surface area contributed by atoms with Crippen LogP contribution in [0.3, 0.4) is 0 Å². The second kappa shape index (κ2) is 3.15. The maximum absolute atomic E-state index is 4.37. The third-order valence-corrected chi connectivity index (χ3v) is 0.167. The van der Waals surface area contributed by atoms with E-state index in [0.717, 1.165) is 6.36 Å². The van der Waals surface area contributed by atoms with Crippen molar-refractivity contribution < 1.29 is 4.57 Å². The topological polar surface area (TPSA) is 9.23 Å². The zero-order valence-electron chi connectivity index (χ0n) is 1.97. The predicted molar refractivity (Wildman–Crippen MR) is 20.2 cm³/mol. The van der Waals surface area contributed by atoms with Gasteiger partial charge in [0, 0.05) is 0 Å². The molecule has 0 fully saturated rings. The second-order valence-electron chi connectivity index (χ2n) is 0.232. The molecular weight excluding hydrogens is 69.7 g/mol. The van der Waals surface area contributed by atoms with Crippen LogP contribution in [-0.4, -0.2) is 14.4 Å². The fraction of sp³-hybridized carbons (Fsp3) is 0. The van der Waals surface area contributed by atoms with Crippen molar-refractivity contribution in [3.05, 3.63) is 0 Å². The maximum atomic E-state index is 4.37. The van der Waals surface area contributed by atoms with Crippen LogP contribution in [0, 0.1) is 0 Å². The summed E-state index contributed by atoms with van der Waals surface area (Å²) in [6.45, 7) is 0. The Morgan fingerprint density at radius 1 is 2.00 bits per heavy atom. The van der Waals surface area contributed by atoms with Crippen molar-refractivity contribution in [3.63, 3.8) is 0 Å². The normalized spacial score (nSPS) is 4.00. The van der Waals surface area contributed by atoms with E-state index in [0.29, 0.717) is 0 Å². The number of hydrogen-bond donors (Lipinski definition) is 0. The van der Waals surface area contributed by atoms with E-state index in [-0.39, 0.29) is 0 Å². The van der Waals surface area contributed by atoms with Crippen molar-refractivity contribution in [2.45, 2.75) is 0 Å². The van der Waals surface area contributed by atoms with Crippen LogP contribution in [-0.2, 0) is 4.57 Å². The summed E-state index contributed by atoms with van der Waals surface area (Å²) >= 11 is 4.08. The molecule has 0 aliphatic heterocycles. The van der Waals surface area contributed by atoms with Gasteiger partial charge in [-0.25, -0.2) is 0 Å². The zero-order chi connectivity index (χ0) is 3.41. The molecule has 0 spiro atoms. The van der Waals surface area contributed by atoms with Gasteiger partial charge in [0.2, 0.25) is 0 Å². The van der Waals surface area contributed by atoms with Crippen molar-refractivity contribution in [1.29, 1.82) is 0 Å². The molecule has 0 aliphatic rings. The number of hydrogen-bond acceptors (Lipinski definition) is 2. The molecule has 0 aromatic carbocycles. The van der Waals surface area contributed by atoms with Gasteiger partial charge in [-0.2, -0.15) is 0 Å². The average Bonchev–Trinajstić information content (AvgIpc) is 1.37. The van der Waals surface area contributed by atoms with Gasteiger partial charge >= 0.3 is 31.0 Å². The van der Waals surface area contributed by atoms with E-state index in [1.54, 1.807) is 0 Å². The van der Waals surface area contributed by atoms with E-state index in [2.05, 4.69) is 24.7 Å². The second-order valence-corrected chi connectivity index (χ2v) is 0.425. The molecule has 0 bridgehead atoms. The van der Waals surface area contributed by atoms with E-state index in [1.807, 2.05) is 0 Å². The predicted octanol–water partition coefficient (Wildman–Crippen LogP) is -0.182.